The lowest BCUT2D eigenvalue weighted by Gasteiger charge is -2.30. The topological polar surface area (TPSA) is 45.4 Å². The Morgan fingerprint density at radius 2 is 2.18 bits per heavy atom. The number of aliphatic hydroxyl groups excluding tert-OH is 1. The highest BCUT2D eigenvalue weighted by atomic mass is 16.3. The molecule has 1 aromatic rings. The summed E-state index contributed by atoms with van der Waals surface area (Å²) in [5, 5.41) is 12.9. The fraction of sp³-hybridized carbons (Fsp3) is 0.714. The molecule has 1 aromatic heterocycles. The van der Waals surface area contributed by atoms with Crippen LogP contribution in [0.1, 0.15) is 50.8 Å². The summed E-state index contributed by atoms with van der Waals surface area (Å²) in [7, 11) is 0. The van der Waals surface area contributed by atoms with Crippen molar-refractivity contribution < 1.29 is 9.52 Å². The molecule has 0 spiro atoms. The van der Waals surface area contributed by atoms with Crippen molar-refractivity contribution in [3.05, 3.63) is 24.2 Å². The smallest absolute Gasteiger partial charge is 0.123 e. The van der Waals surface area contributed by atoms with Gasteiger partial charge in [0.2, 0.25) is 0 Å². The standard InChI is InChI=1S/C14H23NO2/c1-11(12-6-3-2-4-7-12)15-13(10-16)14-8-5-9-17-14/h5,8-9,11-13,15-16H,2-4,6-7,10H2,1H3. The second-order valence-corrected chi connectivity index (χ2v) is 5.10. The molecule has 0 bridgehead atoms. The van der Waals surface area contributed by atoms with Gasteiger partial charge in [0.1, 0.15) is 5.76 Å². The molecule has 0 aromatic carbocycles. The van der Waals surface area contributed by atoms with E-state index in [4.69, 9.17) is 4.42 Å². The molecule has 17 heavy (non-hydrogen) atoms. The third-order valence-corrected chi connectivity index (χ3v) is 3.89. The van der Waals surface area contributed by atoms with E-state index in [-0.39, 0.29) is 12.6 Å². The molecule has 1 aliphatic rings. The van der Waals surface area contributed by atoms with Crippen molar-refractivity contribution in [2.75, 3.05) is 6.61 Å². The quantitative estimate of drug-likeness (QED) is 0.827. The van der Waals surface area contributed by atoms with Crippen molar-refractivity contribution in [3.8, 4) is 0 Å². The van der Waals surface area contributed by atoms with Gasteiger partial charge in [-0.15, -0.1) is 0 Å². The first kappa shape index (κ1) is 12.7. The van der Waals surface area contributed by atoms with E-state index >= 15 is 0 Å². The van der Waals surface area contributed by atoms with Gasteiger partial charge in [-0.05, 0) is 37.8 Å². The predicted octanol–water partition coefficient (Wildman–Crippen LogP) is 2.87. The van der Waals surface area contributed by atoms with Crippen LogP contribution in [0.15, 0.2) is 22.8 Å². The molecule has 3 heteroatoms. The van der Waals surface area contributed by atoms with Gasteiger partial charge in [0.05, 0.1) is 18.9 Å². The molecule has 1 heterocycles. The molecule has 1 saturated carbocycles. The molecular weight excluding hydrogens is 214 g/mol. The van der Waals surface area contributed by atoms with Crippen molar-refractivity contribution in [1.29, 1.82) is 0 Å². The van der Waals surface area contributed by atoms with Crippen LogP contribution in [0, 0.1) is 5.92 Å². The van der Waals surface area contributed by atoms with Crippen molar-refractivity contribution in [3.63, 3.8) is 0 Å². The number of furan rings is 1. The van der Waals surface area contributed by atoms with Gasteiger partial charge in [-0.25, -0.2) is 0 Å². The molecule has 96 valence electrons. The van der Waals surface area contributed by atoms with E-state index in [9.17, 15) is 5.11 Å². The molecule has 0 amide bonds. The Morgan fingerprint density at radius 1 is 1.41 bits per heavy atom. The minimum Gasteiger partial charge on any atom is -0.468 e. The molecule has 0 saturated heterocycles. The summed E-state index contributed by atoms with van der Waals surface area (Å²) < 4.78 is 5.35. The molecule has 0 aliphatic heterocycles. The Morgan fingerprint density at radius 3 is 2.76 bits per heavy atom. The molecule has 2 N–H and O–H groups in total. The Balaban J connectivity index is 1.89. The fourth-order valence-corrected chi connectivity index (χ4v) is 2.80. The largest absolute Gasteiger partial charge is 0.468 e. The summed E-state index contributed by atoms with van der Waals surface area (Å²) in [5.41, 5.74) is 0. The van der Waals surface area contributed by atoms with Crippen LogP contribution in [-0.4, -0.2) is 17.8 Å². The van der Waals surface area contributed by atoms with E-state index in [1.807, 2.05) is 12.1 Å². The van der Waals surface area contributed by atoms with Crippen LogP contribution < -0.4 is 5.32 Å². The van der Waals surface area contributed by atoms with E-state index < -0.39 is 0 Å². The lowest BCUT2D eigenvalue weighted by molar-refractivity contribution is 0.190. The third-order valence-electron chi connectivity index (χ3n) is 3.89. The van der Waals surface area contributed by atoms with Gasteiger partial charge in [-0.3, -0.25) is 0 Å². The maximum Gasteiger partial charge on any atom is 0.123 e. The Labute approximate surface area is 103 Å². The average molecular weight is 237 g/mol. The zero-order valence-corrected chi connectivity index (χ0v) is 10.6. The van der Waals surface area contributed by atoms with Gasteiger partial charge in [0.15, 0.2) is 0 Å². The van der Waals surface area contributed by atoms with Crippen LogP contribution >= 0.6 is 0 Å². The number of aliphatic hydroxyl groups is 1. The van der Waals surface area contributed by atoms with E-state index in [2.05, 4.69) is 12.2 Å². The van der Waals surface area contributed by atoms with Crippen LogP contribution in [0.25, 0.3) is 0 Å². The van der Waals surface area contributed by atoms with Crippen molar-refractivity contribution in [1.82, 2.24) is 5.32 Å². The van der Waals surface area contributed by atoms with Crippen LogP contribution in [0.5, 0.6) is 0 Å². The summed E-state index contributed by atoms with van der Waals surface area (Å²) in [4.78, 5) is 0. The minimum atomic E-state index is -0.0677. The highest BCUT2D eigenvalue weighted by Crippen LogP contribution is 2.27. The van der Waals surface area contributed by atoms with E-state index in [1.54, 1.807) is 6.26 Å². The van der Waals surface area contributed by atoms with Crippen LogP contribution in [0.2, 0.25) is 0 Å². The molecular formula is C14H23NO2. The second-order valence-electron chi connectivity index (χ2n) is 5.10. The third kappa shape index (κ3) is 3.33. The average Bonchev–Trinajstić information content (AvgIpc) is 2.90. The zero-order valence-electron chi connectivity index (χ0n) is 10.6. The van der Waals surface area contributed by atoms with Gasteiger partial charge in [-0.2, -0.15) is 0 Å². The summed E-state index contributed by atoms with van der Waals surface area (Å²) >= 11 is 0. The molecule has 2 atom stereocenters. The fourth-order valence-electron chi connectivity index (χ4n) is 2.80. The number of hydrogen-bond donors (Lipinski definition) is 2. The number of rotatable bonds is 5. The molecule has 0 radical (unpaired) electrons. The van der Waals surface area contributed by atoms with Gasteiger partial charge in [-0.1, -0.05) is 19.3 Å². The summed E-state index contributed by atoms with van der Waals surface area (Å²) in [5.74, 6) is 1.57. The maximum atomic E-state index is 9.42. The second kappa shape index (κ2) is 6.22. The minimum absolute atomic E-state index is 0.0677. The molecule has 2 unspecified atom stereocenters. The Bertz CT molecular complexity index is 304. The Kier molecular flexibility index (Phi) is 4.63. The van der Waals surface area contributed by atoms with Gasteiger partial charge >= 0.3 is 0 Å². The van der Waals surface area contributed by atoms with Gasteiger partial charge in [0.25, 0.3) is 0 Å². The van der Waals surface area contributed by atoms with E-state index in [0.717, 1.165) is 11.7 Å². The highest BCUT2D eigenvalue weighted by molar-refractivity contribution is 5.04. The van der Waals surface area contributed by atoms with Crippen molar-refractivity contribution in [2.45, 2.75) is 51.1 Å². The first-order valence-electron chi connectivity index (χ1n) is 6.71. The lowest BCUT2D eigenvalue weighted by atomic mass is 9.84. The van der Waals surface area contributed by atoms with E-state index in [1.165, 1.54) is 32.1 Å². The zero-order chi connectivity index (χ0) is 12.1. The van der Waals surface area contributed by atoms with E-state index in [0.29, 0.717) is 6.04 Å². The highest BCUT2D eigenvalue weighted by Gasteiger charge is 2.23. The first-order chi connectivity index (χ1) is 8.31. The van der Waals surface area contributed by atoms with Gasteiger partial charge in [0, 0.05) is 6.04 Å². The monoisotopic (exact) mass is 237 g/mol. The van der Waals surface area contributed by atoms with Gasteiger partial charge < -0.3 is 14.8 Å². The van der Waals surface area contributed by atoms with Crippen molar-refractivity contribution in [2.24, 2.45) is 5.92 Å². The SMILES string of the molecule is CC(NC(CO)c1ccco1)C1CCCCC1. The van der Waals surface area contributed by atoms with Crippen LogP contribution in [0.4, 0.5) is 0 Å². The summed E-state index contributed by atoms with van der Waals surface area (Å²) in [6.45, 7) is 2.31. The van der Waals surface area contributed by atoms with Crippen molar-refractivity contribution >= 4 is 0 Å². The number of hydrogen-bond acceptors (Lipinski definition) is 3. The summed E-state index contributed by atoms with van der Waals surface area (Å²) in [6, 6.07) is 4.16. The Hall–Kier alpha value is -0.800. The molecule has 3 nitrogen and oxygen atoms in total. The summed E-state index contributed by atoms with van der Waals surface area (Å²) in [6.07, 6.45) is 8.35. The number of nitrogens with one attached hydrogen (secondary N) is 1. The predicted molar refractivity (Wildman–Crippen MR) is 67.7 cm³/mol. The molecule has 2 rings (SSSR count). The molecule has 1 fully saturated rings. The first-order valence-corrected chi connectivity index (χ1v) is 6.71. The normalized spacial score (nSPS) is 21.3. The maximum absolute atomic E-state index is 9.42. The molecule has 1 aliphatic carbocycles. The van der Waals surface area contributed by atoms with Crippen LogP contribution in [-0.2, 0) is 0 Å². The van der Waals surface area contributed by atoms with Crippen LogP contribution in [0.3, 0.4) is 0 Å². The lowest BCUT2D eigenvalue weighted by Crippen LogP contribution is -2.38.